The number of amides is 1. The van der Waals surface area contributed by atoms with Crippen molar-refractivity contribution < 1.29 is 9.90 Å². The predicted molar refractivity (Wildman–Crippen MR) is 73.1 cm³/mol. The van der Waals surface area contributed by atoms with Gasteiger partial charge in [-0.25, -0.2) is 0 Å². The van der Waals surface area contributed by atoms with E-state index in [0.29, 0.717) is 18.9 Å². The predicted octanol–water partition coefficient (Wildman–Crippen LogP) is -0.439. The SMILES string of the molecule is CNC(=O)c1ccc(NCC(C)(O)CN(C)C)nn1. The van der Waals surface area contributed by atoms with Crippen molar-refractivity contribution in [2.24, 2.45) is 0 Å². The normalized spacial score (nSPS) is 14.0. The summed E-state index contributed by atoms with van der Waals surface area (Å²) in [6.07, 6.45) is 0. The van der Waals surface area contributed by atoms with Crippen molar-refractivity contribution in [2.75, 3.05) is 39.5 Å². The second kappa shape index (κ2) is 6.44. The molecule has 1 atom stereocenters. The first kappa shape index (κ1) is 15.3. The van der Waals surface area contributed by atoms with E-state index >= 15 is 0 Å². The van der Waals surface area contributed by atoms with Crippen LogP contribution < -0.4 is 10.6 Å². The highest BCUT2D eigenvalue weighted by Crippen LogP contribution is 2.08. The third-order valence-corrected chi connectivity index (χ3v) is 2.43. The minimum Gasteiger partial charge on any atom is -0.387 e. The zero-order chi connectivity index (χ0) is 14.5. The number of rotatable bonds is 6. The molecule has 1 heterocycles. The molecular weight excluding hydrogens is 246 g/mol. The molecule has 7 nitrogen and oxygen atoms in total. The molecule has 0 spiro atoms. The van der Waals surface area contributed by atoms with E-state index in [0.717, 1.165) is 0 Å². The summed E-state index contributed by atoms with van der Waals surface area (Å²) >= 11 is 0. The summed E-state index contributed by atoms with van der Waals surface area (Å²) in [6.45, 7) is 2.62. The molecule has 1 aromatic rings. The molecule has 1 rings (SSSR count). The van der Waals surface area contributed by atoms with E-state index in [2.05, 4.69) is 20.8 Å². The molecule has 0 aliphatic carbocycles. The minimum atomic E-state index is -0.870. The summed E-state index contributed by atoms with van der Waals surface area (Å²) in [7, 11) is 5.33. The second-order valence-corrected chi connectivity index (χ2v) is 4.97. The van der Waals surface area contributed by atoms with Gasteiger partial charge in [0.1, 0.15) is 5.82 Å². The molecular formula is C12H21N5O2. The van der Waals surface area contributed by atoms with Crippen molar-refractivity contribution in [1.29, 1.82) is 0 Å². The van der Waals surface area contributed by atoms with Crippen LogP contribution in [0.4, 0.5) is 5.82 Å². The highest BCUT2D eigenvalue weighted by Gasteiger charge is 2.21. The third-order valence-electron chi connectivity index (χ3n) is 2.43. The number of aliphatic hydroxyl groups is 1. The molecule has 1 amide bonds. The minimum absolute atomic E-state index is 0.258. The summed E-state index contributed by atoms with van der Waals surface area (Å²) < 4.78 is 0. The van der Waals surface area contributed by atoms with Crippen molar-refractivity contribution in [3.8, 4) is 0 Å². The van der Waals surface area contributed by atoms with Crippen LogP contribution in [0.5, 0.6) is 0 Å². The summed E-state index contributed by atoms with van der Waals surface area (Å²) in [4.78, 5) is 13.2. The lowest BCUT2D eigenvalue weighted by atomic mass is 10.1. The maximum absolute atomic E-state index is 11.3. The summed E-state index contributed by atoms with van der Waals surface area (Å²) in [5.74, 6) is 0.241. The van der Waals surface area contributed by atoms with E-state index in [1.54, 1.807) is 19.1 Å². The number of nitrogens with one attached hydrogen (secondary N) is 2. The molecule has 0 radical (unpaired) electrons. The van der Waals surface area contributed by atoms with Gasteiger partial charge in [-0.05, 0) is 33.2 Å². The summed E-state index contributed by atoms with van der Waals surface area (Å²) in [6, 6.07) is 3.23. The summed E-state index contributed by atoms with van der Waals surface area (Å²) in [5.41, 5.74) is -0.613. The monoisotopic (exact) mass is 267 g/mol. The Morgan fingerprint density at radius 3 is 2.58 bits per heavy atom. The van der Waals surface area contributed by atoms with Gasteiger partial charge in [-0.3, -0.25) is 4.79 Å². The van der Waals surface area contributed by atoms with E-state index < -0.39 is 5.60 Å². The molecule has 1 aromatic heterocycles. The Labute approximate surface area is 113 Å². The molecule has 1 unspecified atom stereocenters. The Balaban J connectivity index is 2.57. The number of hydrogen-bond acceptors (Lipinski definition) is 6. The van der Waals surface area contributed by atoms with Crippen molar-refractivity contribution in [2.45, 2.75) is 12.5 Å². The fraction of sp³-hybridized carbons (Fsp3) is 0.583. The molecule has 0 aromatic carbocycles. The topological polar surface area (TPSA) is 90.4 Å². The van der Waals surface area contributed by atoms with Crippen LogP contribution in [0.15, 0.2) is 12.1 Å². The van der Waals surface area contributed by atoms with Gasteiger partial charge in [-0.2, -0.15) is 0 Å². The molecule has 7 heteroatoms. The largest absolute Gasteiger partial charge is 0.387 e. The number of hydrogen-bond donors (Lipinski definition) is 3. The average molecular weight is 267 g/mol. The van der Waals surface area contributed by atoms with Gasteiger partial charge >= 0.3 is 0 Å². The van der Waals surface area contributed by atoms with Crippen LogP contribution in [0.3, 0.4) is 0 Å². The molecule has 0 fully saturated rings. The van der Waals surface area contributed by atoms with E-state index in [1.165, 1.54) is 7.05 Å². The standard InChI is InChI=1S/C12H21N5O2/c1-12(19,8-17(3)4)7-14-10-6-5-9(15-16-10)11(18)13-2/h5-6,19H,7-8H2,1-4H3,(H,13,18)(H,14,16). The van der Waals surface area contributed by atoms with E-state index in [4.69, 9.17) is 0 Å². The van der Waals surface area contributed by atoms with Crippen molar-refractivity contribution in [1.82, 2.24) is 20.4 Å². The fourth-order valence-electron chi connectivity index (χ4n) is 1.69. The molecule has 0 bridgehead atoms. The lowest BCUT2D eigenvalue weighted by Gasteiger charge is -2.27. The van der Waals surface area contributed by atoms with Crippen LogP contribution in [0.2, 0.25) is 0 Å². The lowest BCUT2D eigenvalue weighted by Crippen LogP contribution is -2.43. The second-order valence-electron chi connectivity index (χ2n) is 4.97. The van der Waals surface area contributed by atoms with Crippen LogP contribution in [0.1, 0.15) is 17.4 Å². The first-order valence-corrected chi connectivity index (χ1v) is 6.01. The quantitative estimate of drug-likeness (QED) is 0.647. The number of nitrogens with zero attached hydrogens (tertiary/aromatic N) is 3. The van der Waals surface area contributed by atoms with Gasteiger partial charge in [0, 0.05) is 20.1 Å². The Hall–Kier alpha value is -1.73. The Morgan fingerprint density at radius 2 is 2.11 bits per heavy atom. The van der Waals surface area contributed by atoms with Gasteiger partial charge < -0.3 is 20.6 Å². The first-order valence-electron chi connectivity index (χ1n) is 6.01. The first-order chi connectivity index (χ1) is 8.84. The van der Waals surface area contributed by atoms with Crippen LogP contribution >= 0.6 is 0 Å². The number of anilines is 1. The van der Waals surface area contributed by atoms with Gasteiger partial charge in [-0.1, -0.05) is 0 Å². The average Bonchev–Trinajstić information content (AvgIpc) is 2.34. The zero-order valence-corrected chi connectivity index (χ0v) is 11.8. The van der Waals surface area contributed by atoms with Gasteiger partial charge in [0.05, 0.1) is 5.60 Å². The van der Waals surface area contributed by atoms with Gasteiger partial charge in [0.25, 0.3) is 5.91 Å². The number of aromatic nitrogens is 2. The van der Waals surface area contributed by atoms with Gasteiger partial charge in [-0.15, -0.1) is 10.2 Å². The van der Waals surface area contributed by atoms with E-state index in [9.17, 15) is 9.90 Å². The molecule has 0 saturated carbocycles. The van der Waals surface area contributed by atoms with E-state index in [1.807, 2.05) is 19.0 Å². The van der Waals surface area contributed by atoms with E-state index in [-0.39, 0.29) is 11.6 Å². The molecule has 0 aliphatic heterocycles. The van der Waals surface area contributed by atoms with Gasteiger partial charge in [0.2, 0.25) is 0 Å². The molecule has 3 N–H and O–H groups in total. The van der Waals surface area contributed by atoms with Crippen LogP contribution in [0.25, 0.3) is 0 Å². The van der Waals surface area contributed by atoms with Crippen LogP contribution in [-0.4, -0.2) is 65.9 Å². The Kier molecular flexibility index (Phi) is 5.20. The van der Waals surface area contributed by atoms with Crippen LogP contribution in [0, 0.1) is 0 Å². The number of likely N-dealkylation sites (N-methyl/N-ethyl adjacent to an activating group) is 1. The van der Waals surface area contributed by atoms with Crippen molar-refractivity contribution >= 4 is 11.7 Å². The fourth-order valence-corrected chi connectivity index (χ4v) is 1.69. The highest BCUT2D eigenvalue weighted by molar-refractivity contribution is 5.91. The maximum atomic E-state index is 11.3. The van der Waals surface area contributed by atoms with Gasteiger partial charge in [0.15, 0.2) is 5.69 Å². The van der Waals surface area contributed by atoms with Crippen molar-refractivity contribution in [3.63, 3.8) is 0 Å². The lowest BCUT2D eigenvalue weighted by molar-refractivity contribution is 0.0459. The zero-order valence-electron chi connectivity index (χ0n) is 11.8. The Morgan fingerprint density at radius 1 is 1.42 bits per heavy atom. The van der Waals surface area contributed by atoms with Crippen molar-refractivity contribution in [3.05, 3.63) is 17.8 Å². The molecule has 19 heavy (non-hydrogen) atoms. The maximum Gasteiger partial charge on any atom is 0.271 e. The number of carbonyl (C=O) groups is 1. The summed E-state index contributed by atoms with van der Waals surface area (Å²) in [5, 5.41) is 23.3. The smallest absolute Gasteiger partial charge is 0.271 e. The highest BCUT2D eigenvalue weighted by atomic mass is 16.3. The van der Waals surface area contributed by atoms with Crippen LogP contribution in [-0.2, 0) is 0 Å². The number of carbonyl (C=O) groups excluding carboxylic acids is 1. The molecule has 0 aliphatic rings. The molecule has 0 saturated heterocycles. The Bertz CT molecular complexity index is 417. The third kappa shape index (κ3) is 5.19. The molecule has 106 valence electrons.